The number of hydrogen-bond acceptors (Lipinski definition) is 4. The molecular weight excluding hydrogens is 254 g/mol. The van der Waals surface area contributed by atoms with E-state index < -0.39 is 11.7 Å². The van der Waals surface area contributed by atoms with Gasteiger partial charge in [0.15, 0.2) is 0 Å². The van der Waals surface area contributed by atoms with Crippen molar-refractivity contribution in [1.29, 1.82) is 0 Å². The summed E-state index contributed by atoms with van der Waals surface area (Å²) in [5.41, 5.74) is 1.41. The van der Waals surface area contributed by atoms with Crippen LogP contribution in [0, 0.1) is 6.92 Å². The Morgan fingerprint density at radius 2 is 2.05 bits per heavy atom. The predicted molar refractivity (Wildman–Crippen MR) is 80.8 cm³/mol. The highest BCUT2D eigenvalue weighted by molar-refractivity contribution is 5.67. The first-order chi connectivity index (χ1) is 9.31. The van der Waals surface area contributed by atoms with E-state index in [1.807, 2.05) is 39.8 Å². The summed E-state index contributed by atoms with van der Waals surface area (Å²) in [7, 11) is 0. The molecule has 1 amide bonds. The average Bonchev–Trinajstić information content (AvgIpc) is 2.33. The molecule has 0 saturated heterocycles. The lowest BCUT2D eigenvalue weighted by Gasteiger charge is -2.20. The highest BCUT2D eigenvalue weighted by Gasteiger charge is 2.15. The van der Waals surface area contributed by atoms with Crippen molar-refractivity contribution in [2.24, 2.45) is 0 Å². The Bertz CT molecular complexity index is 453. The second kappa shape index (κ2) is 7.12. The smallest absolute Gasteiger partial charge is 0.407 e. The molecule has 1 aromatic rings. The van der Waals surface area contributed by atoms with Crippen LogP contribution in [0.1, 0.15) is 45.4 Å². The van der Waals surface area contributed by atoms with Crippen LogP contribution in [-0.2, 0) is 11.3 Å². The highest BCUT2D eigenvalue weighted by atomic mass is 16.6. The Kier molecular flexibility index (Phi) is 5.80. The molecule has 0 saturated carbocycles. The minimum atomic E-state index is -0.481. The average molecular weight is 279 g/mol. The first-order valence-electron chi connectivity index (χ1n) is 6.99. The molecule has 1 rings (SSSR count). The molecular formula is C15H25N3O2. The SMILES string of the molecule is CCCNc1ccc(CNC(=O)OC(C)(C)C)c(C)n1. The van der Waals surface area contributed by atoms with Crippen LogP contribution in [-0.4, -0.2) is 23.2 Å². The molecule has 2 N–H and O–H groups in total. The van der Waals surface area contributed by atoms with Crippen molar-refractivity contribution in [2.45, 2.75) is 53.2 Å². The number of aryl methyl sites for hydroxylation is 1. The molecule has 0 aromatic carbocycles. The first kappa shape index (κ1) is 16.3. The van der Waals surface area contributed by atoms with E-state index in [4.69, 9.17) is 4.74 Å². The van der Waals surface area contributed by atoms with Crippen LogP contribution in [0.4, 0.5) is 10.6 Å². The number of aromatic nitrogens is 1. The number of ether oxygens (including phenoxy) is 1. The minimum Gasteiger partial charge on any atom is -0.444 e. The normalized spacial score (nSPS) is 11.1. The second-order valence-electron chi connectivity index (χ2n) is 5.72. The lowest BCUT2D eigenvalue weighted by Crippen LogP contribution is -2.32. The van der Waals surface area contributed by atoms with Crippen molar-refractivity contribution in [3.8, 4) is 0 Å². The number of amides is 1. The van der Waals surface area contributed by atoms with Crippen molar-refractivity contribution >= 4 is 11.9 Å². The van der Waals surface area contributed by atoms with E-state index in [2.05, 4.69) is 22.5 Å². The fraction of sp³-hybridized carbons (Fsp3) is 0.600. The van der Waals surface area contributed by atoms with Crippen molar-refractivity contribution in [3.05, 3.63) is 23.4 Å². The number of alkyl carbamates (subject to hydrolysis) is 1. The number of pyridine rings is 1. The lowest BCUT2D eigenvalue weighted by atomic mass is 10.2. The predicted octanol–water partition coefficient (Wildman–Crippen LogP) is 3.24. The molecule has 5 heteroatoms. The number of carbonyl (C=O) groups is 1. The van der Waals surface area contributed by atoms with Gasteiger partial charge in [0, 0.05) is 18.8 Å². The summed E-state index contributed by atoms with van der Waals surface area (Å²) >= 11 is 0. The van der Waals surface area contributed by atoms with Gasteiger partial charge in [-0.05, 0) is 45.7 Å². The van der Waals surface area contributed by atoms with Crippen molar-refractivity contribution in [1.82, 2.24) is 10.3 Å². The zero-order chi connectivity index (χ0) is 15.2. The maximum Gasteiger partial charge on any atom is 0.407 e. The van der Waals surface area contributed by atoms with Crippen LogP contribution in [0.5, 0.6) is 0 Å². The molecule has 1 heterocycles. The van der Waals surface area contributed by atoms with E-state index in [1.165, 1.54) is 0 Å². The molecule has 20 heavy (non-hydrogen) atoms. The Morgan fingerprint density at radius 3 is 2.60 bits per heavy atom. The monoisotopic (exact) mass is 279 g/mol. The summed E-state index contributed by atoms with van der Waals surface area (Å²) in [5.74, 6) is 0.866. The standard InChI is InChI=1S/C15H25N3O2/c1-6-9-16-13-8-7-12(11(2)18-13)10-17-14(19)20-15(3,4)5/h7-8H,6,9-10H2,1-5H3,(H,16,18)(H,17,19). The molecule has 0 atom stereocenters. The Morgan fingerprint density at radius 1 is 1.35 bits per heavy atom. The van der Waals surface area contributed by atoms with Gasteiger partial charge in [0.2, 0.25) is 0 Å². The molecule has 0 bridgehead atoms. The number of hydrogen-bond donors (Lipinski definition) is 2. The van der Waals surface area contributed by atoms with Gasteiger partial charge < -0.3 is 15.4 Å². The van der Waals surface area contributed by atoms with Crippen molar-refractivity contribution in [3.63, 3.8) is 0 Å². The number of rotatable bonds is 5. The van der Waals surface area contributed by atoms with Crippen molar-refractivity contribution in [2.75, 3.05) is 11.9 Å². The van der Waals surface area contributed by atoms with E-state index in [-0.39, 0.29) is 0 Å². The maximum absolute atomic E-state index is 11.6. The zero-order valence-corrected chi connectivity index (χ0v) is 13.0. The molecule has 0 aliphatic rings. The van der Waals surface area contributed by atoms with Gasteiger partial charge >= 0.3 is 6.09 Å². The fourth-order valence-corrected chi connectivity index (χ4v) is 1.61. The van der Waals surface area contributed by atoms with Gasteiger partial charge in [-0.25, -0.2) is 9.78 Å². The number of nitrogens with one attached hydrogen (secondary N) is 2. The Hall–Kier alpha value is -1.78. The van der Waals surface area contributed by atoms with E-state index in [9.17, 15) is 4.79 Å². The molecule has 0 spiro atoms. The molecule has 1 aromatic heterocycles. The summed E-state index contributed by atoms with van der Waals surface area (Å²) in [5, 5.41) is 5.97. The molecule has 0 fully saturated rings. The zero-order valence-electron chi connectivity index (χ0n) is 13.0. The number of nitrogens with zero attached hydrogens (tertiary/aromatic N) is 1. The van der Waals surface area contributed by atoms with Crippen LogP contribution in [0.15, 0.2) is 12.1 Å². The maximum atomic E-state index is 11.6. The van der Waals surface area contributed by atoms with Crippen LogP contribution in [0.2, 0.25) is 0 Å². The lowest BCUT2D eigenvalue weighted by molar-refractivity contribution is 0.0523. The van der Waals surface area contributed by atoms with Gasteiger partial charge in [-0.1, -0.05) is 13.0 Å². The second-order valence-corrected chi connectivity index (χ2v) is 5.72. The van der Waals surface area contributed by atoms with Crippen molar-refractivity contribution < 1.29 is 9.53 Å². The van der Waals surface area contributed by atoms with E-state index in [0.29, 0.717) is 6.54 Å². The van der Waals surface area contributed by atoms with Gasteiger partial charge in [0.05, 0.1) is 0 Å². The third-order valence-electron chi connectivity index (χ3n) is 2.57. The van der Waals surface area contributed by atoms with Gasteiger partial charge in [0.25, 0.3) is 0 Å². The molecule has 0 aliphatic heterocycles. The molecule has 0 aliphatic carbocycles. The quantitative estimate of drug-likeness (QED) is 0.868. The van der Waals surface area contributed by atoms with E-state index in [0.717, 1.165) is 30.0 Å². The highest BCUT2D eigenvalue weighted by Crippen LogP contribution is 2.11. The molecule has 0 unspecified atom stereocenters. The first-order valence-corrected chi connectivity index (χ1v) is 6.99. The Balaban J connectivity index is 2.54. The van der Waals surface area contributed by atoms with Crippen LogP contribution in [0.3, 0.4) is 0 Å². The summed E-state index contributed by atoms with van der Waals surface area (Å²) in [6.45, 7) is 10.9. The minimum absolute atomic E-state index is 0.412. The molecule has 0 radical (unpaired) electrons. The summed E-state index contributed by atoms with van der Waals surface area (Å²) < 4.78 is 5.19. The van der Waals surface area contributed by atoms with E-state index in [1.54, 1.807) is 0 Å². The van der Waals surface area contributed by atoms with Crippen LogP contribution in [0.25, 0.3) is 0 Å². The fourth-order valence-electron chi connectivity index (χ4n) is 1.61. The van der Waals surface area contributed by atoms with E-state index >= 15 is 0 Å². The van der Waals surface area contributed by atoms with Gasteiger partial charge in [-0.15, -0.1) is 0 Å². The third kappa shape index (κ3) is 5.91. The summed E-state index contributed by atoms with van der Waals surface area (Å²) in [4.78, 5) is 16.0. The van der Waals surface area contributed by atoms with Gasteiger partial charge in [0.1, 0.15) is 11.4 Å². The number of carbonyl (C=O) groups excluding carboxylic acids is 1. The van der Waals surface area contributed by atoms with Gasteiger partial charge in [-0.2, -0.15) is 0 Å². The molecule has 112 valence electrons. The van der Waals surface area contributed by atoms with Crippen LogP contribution >= 0.6 is 0 Å². The molecule has 5 nitrogen and oxygen atoms in total. The third-order valence-corrected chi connectivity index (χ3v) is 2.57. The largest absolute Gasteiger partial charge is 0.444 e. The Labute approximate surface area is 121 Å². The number of anilines is 1. The topological polar surface area (TPSA) is 63.2 Å². The van der Waals surface area contributed by atoms with Crippen LogP contribution < -0.4 is 10.6 Å². The summed E-state index contributed by atoms with van der Waals surface area (Å²) in [6, 6.07) is 3.90. The van der Waals surface area contributed by atoms with Gasteiger partial charge in [-0.3, -0.25) is 0 Å². The summed E-state index contributed by atoms with van der Waals surface area (Å²) in [6.07, 6.45) is 0.646.